The van der Waals surface area contributed by atoms with Crippen molar-refractivity contribution < 1.29 is 63.7 Å². The monoisotopic (exact) mass is 400 g/mol. The quantitative estimate of drug-likeness (QED) is 0.526. The number of hydrogen-bond donors (Lipinski definition) is 0. The second-order valence-electron chi connectivity index (χ2n) is 0. The molecular formula is Ag3Br. The van der Waals surface area contributed by atoms with Crippen molar-refractivity contribution in [2.75, 3.05) is 0 Å². The van der Waals surface area contributed by atoms with E-state index < -0.39 is 0 Å². The van der Waals surface area contributed by atoms with Crippen LogP contribution in [0, 0.1) is 0 Å². The first-order valence-electron chi connectivity index (χ1n) is 0.114. The topological polar surface area (TPSA) is 0 Å². The normalized spacial score (nSPS) is 1.75. The van der Waals surface area contributed by atoms with Gasteiger partial charge in [0.2, 0.25) is 0 Å². The van der Waals surface area contributed by atoms with Crippen LogP contribution in [-0.2, 0) is 63.7 Å². The van der Waals surface area contributed by atoms with E-state index >= 15 is 0 Å². The van der Waals surface area contributed by atoms with Crippen molar-refractivity contribution >= 4 is 13.0 Å². The maximum atomic E-state index is 2.76. The third-order valence-electron chi connectivity index (χ3n) is 0. The van der Waals surface area contributed by atoms with E-state index in [2.05, 4.69) is 32.0 Å². The van der Waals surface area contributed by atoms with Crippen LogP contribution in [0.4, 0.5) is 0 Å². The van der Waals surface area contributed by atoms with Gasteiger partial charge in [-0.25, -0.2) is 0 Å². The van der Waals surface area contributed by atoms with Gasteiger partial charge in [-0.2, -0.15) is 0 Å². The van der Waals surface area contributed by atoms with Crippen molar-refractivity contribution in [2.24, 2.45) is 0 Å². The summed E-state index contributed by atoms with van der Waals surface area (Å²) in [5.74, 6) is 0. The molecule has 0 N–H and O–H groups in total. The van der Waals surface area contributed by atoms with E-state index in [4.69, 9.17) is 0 Å². The van der Waals surface area contributed by atoms with E-state index in [9.17, 15) is 0 Å². The Morgan fingerprint density at radius 3 is 1.00 bits per heavy atom. The fraction of sp³-hybridized carbons (Fsp3) is 0. The molecule has 4 heavy (non-hydrogen) atoms. The van der Waals surface area contributed by atoms with Crippen LogP contribution < -0.4 is 0 Å². The van der Waals surface area contributed by atoms with Gasteiger partial charge in [-0.1, -0.05) is 0 Å². The molecular weight excluding hydrogens is 404 g/mol. The molecule has 0 aliphatic heterocycles. The summed E-state index contributed by atoms with van der Waals surface area (Å²) >= 11 is 5.51. The molecule has 0 rings (SSSR count). The van der Waals surface area contributed by atoms with Crippen LogP contribution >= 0.6 is 13.0 Å². The van der Waals surface area contributed by atoms with E-state index in [-0.39, 0.29) is 44.8 Å². The summed E-state index contributed by atoms with van der Waals surface area (Å²) in [7, 11) is 0. The first-order valence-corrected chi connectivity index (χ1v) is 3.50. The molecule has 0 nitrogen and oxygen atoms in total. The molecule has 0 heterocycles. The molecule has 0 fully saturated rings. The molecule has 0 aliphatic rings. The van der Waals surface area contributed by atoms with Crippen LogP contribution in [0.2, 0.25) is 0 Å². The Balaban J connectivity index is -0.00000000500. The van der Waals surface area contributed by atoms with Gasteiger partial charge in [0.1, 0.15) is 0 Å². The summed E-state index contributed by atoms with van der Waals surface area (Å²) in [6.45, 7) is 0. The van der Waals surface area contributed by atoms with E-state index in [0.717, 1.165) is 0 Å². The summed E-state index contributed by atoms with van der Waals surface area (Å²) in [6, 6.07) is 0. The predicted molar refractivity (Wildman–Crippen MR) is 8.93 cm³/mol. The molecule has 0 aliphatic carbocycles. The summed E-state index contributed by atoms with van der Waals surface area (Å²) in [5.41, 5.74) is 0. The van der Waals surface area contributed by atoms with Gasteiger partial charge in [0.25, 0.3) is 0 Å². The number of halogens is 1. The van der Waals surface area contributed by atoms with Gasteiger partial charge in [0, 0.05) is 44.8 Å². The summed E-state index contributed by atoms with van der Waals surface area (Å²) in [5, 5.41) is 0. The molecule has 0 aromatic heterocycles. The van der Waals surface area contributed by atoms with E-state index in [1.807, 2.05) is 0 Å². The summed E-state index contributed by atoms with van der Waals surface area (Å²) in [6.07, 6.45) is 0. The zero-order valence-corrected chi connectivity index (χ0v) is 7.32. The Bertz CT molecular complexity index is 3.25. The Morgan fingerprint density at radius 2 is 1.00 bits per heavy atom. The van der Waals surface area contributed by atoms with Crippen LogP contribution in [0.3, 0.4) is 0 Å². The zero-order chi connectivity index (χ0) is 2.00. The minimum atomic E-state index is 0. The molecule has 2 radical (unpaired) electrons. The SMILES string of the molecule is [Ag].[Ag].[Br][Ag]. The average Bonchev–Trinajstić information content (AvgIpc) is 1.00. The molecule has 40 valence electrons. The van der Waals surface area contributed by atoms with Crippen molar-refractivity contribution in [3.05, 3.63) is 0 Å². The Hall–Kier alpha value is 2.70. The second kappa shape index (κ2) is 17.3. The van der Waals surface area contributed by atoms with Crippen molar-refractivity contribution in [3.8, 4) is 0 Å². The minimum absolute atomic E-state index is 0. The van der Waals surface area contributed by atoms with Crippen LogP contribution in [0.15, 0.2) is 0 Å². The molecule has 4 heteroatoms. The Labute approximate surface area is 75.4 Å². The van der Waals surface area contributed by atoms with Crippen molar-refractivity contribution in [3.63, 3.8) is 0 Å². The van der Waals surface area contributed by atoms with Crippen LogP contribution in [0.1, 0.15) is 0 Å². The first-order chi connectivity index (χ1) is 1.00. The molecule has 0 atom stereocenters. The fourth-order valence-corrected chi connectivity index (χ4v) is 0. The molecule has 0 spiro atoms. The summed E-state index contributed by atoms with van der Waals surface area (Å²) < 4.78 is 0. The Morgan fingerprint density at radius 1 is 1.00 bits per heavy atom. The predicted octanol–water partition coefficient (Wildman–Crippen LogP) is 0.838. The molecule has 0 bridgehead atoms. The van der Waals surface area contributed by atoms with Gasteiger partial charge < -0.3 is 0 Å². The Kier molecular flexibility index (Phi) is 68.7. The summed E-state index contributed by atoms with van der Waals surface area (Å²) in [4.78, 5) is 0. The zero-order valence-electron chi connectivity index (χ0n) is 1.28. The van der Waals surface area contributed by atoms with Crippen LogP contribution in [0.25, 0.3) is 0 Å². The van der Waals surface area contributed by atoms with Gasteiger partial charge in [-0.15, -0.1) is 0 Å². The van der Waals surface area contributed by atoms with Crippen molar-refractivity contribution in [2.45, 2.75) is 0 Å². The van der Waals surface area contributed by atoms with Crippen molar-refractivity contribution in [1.82, 2.24) is 0 Å². The third kappa shape index (κ3) is 8.83. The molecule has 0 saturated carbocycles. The van der Waals surface area contributed by atoms with Gasteiger partial charge >= 0.3 is 32.0 Å². The average molecular weight is 404 g/mol. The molecule has 0 aromatic carbocycles. The van der Waals surface area contributed by atoms with Crippen LogP contribution in [-0.4, -0.2) is 0 Å². The van der Waals surface area contributed by atoms with E-state index in [1.165, 1.54) is 0 Å². The molecule has 0 unspecified atom stereocenters. The van der Waals surface area contributed by atoms with Crippen LogP contribution in [0.5, 0.6) is 0 Å². The maximum absolute atomic E-state index is 2.76. The third-order valence-corrected chi connectivity index (χ3v) is 0. The molecule has 0 saturated heterocycles. The fourth-order valence-electron chi connectivity index (χ4n) is 0. The van der Waals surface area contributed by atoms with Crippen molar-refractivity contribution in [1.29, 1.82) is 0 Å². The van der Waals surface area contributed by atoms with E-state index in [0.29, 0.717) is 0 Å². The molecule has 0 aromatic rings. The second-order valence-corrected chi connectivity index (χ2v) is 0. The molecule has 0 amide bonds. The van der Waals surface area contributed by atoms with E-state index in [1.54, 1.807) is 0 Å². The number of rotatable bonds is 0. The standard InChI is InChI=1S/3Ag.BrH/h;;;1H/q;;+1;/p-1. The van der Waals surface area contributed by atoms with Gasteiger partial charge in [0.05, 0.1) is 0 Å². The number of hydrogen-bond acceptors (Lipinski definition) is 0. The first kappa shape index (κ1) is 15.9. The van der Waals surface area contributed by atoms with Gasteiger partial charge in [-0.3, -0.25) is 0 Å². The van der Waals surface area contributed by atoms with Gasteiger partial charge in [0.15, 0.2) is 0 Å². The van der Waals surface area contributed by atoms with Gasteiger partial charge in [-0.05, 0) is 0 Å².